The molecule has 0 saturated carbocycles. The van der Waals surface area contributed by atoms with Crippen LogP contribution in [0.15, 0.2) is 58.2 Å². The molecular formula is C17H11F5N2O2S. The molecule has 0 bridgehead atoms. The number of rotatable bonds is 6. The molecule has 0 N–H and O–H groups in total. The Balaban J connectivity index is 1.65. The van der Waals surface area contributed by atoms with E-state index in [2.05, 4.69) is 14.9 Å². The number of benzene rings is 2. The van der Waals surface area contributed by atoms with Crippen molar-refractivity contribution in [1.82, 2.24) is 10.2 Å². The molecule has 1 heterocycles. The van der Waals surface area contributed by atoms with Gasteiger partial charge in [-0.25, -0.2) is 0 Å². The van der Waals surface area contributed by atoms with E-state index in [0.29, 0.717) is 11.1 Å². The number of hydrogen-bond donors (Lipinski definition) is 0. The van der Waals surface area contributed by atoms with E-state index < -0.39 is 18.4 Å². The number of hydrogen-bond acceptors (Lipinski definition) is 5. The molecule has 3 rings (SSSR count). The highest BCUT2D eigenvalue weighted by Gasteiger charge is 2.30. The second-order valence-electron chi connectivity index (χ2n) is 5.26. The van der Waals surface area contributed by atoms with Crippen LogP contribution in [0.25, 0.3) is 11.5 Å². The number of ether oxygens (including phenoxy) is 1. The second-order valence-corrected chi connectivity index (χ2v) is 6.19. The van der Waals surface area contributed by atoms with Crippen molar-refractivity contribution in [2.24, 2.45) is 0 Å². The number of alkyl halides is 5. The van der Waals surface area contributed by atoms with Crippen LogP contribution < -0.4 is 4.74 Å². The molecule has 4 nitrogen and oxygen atoms in total. The average molecular weight is 402 g/mol. The van der Waals surface area contributed by atoms with Gasteiger partial charge in [-0.05, 0) is 35.9 Å². The lowest BCUT2D eigenvalue weighted by atomic mass is 10.1. The van der Waals surface area contributed by atoms with Crippen LogP contribution in [-0.2, 0) is 11.9 Å². The van der Waals surface area contributed by atoms with E-state index in [1.54, 1.807) is 6.07 Å². The van der Waals surface area contributed by atoms with Crippen LogP contribution >= 0.6 is 11.8 Å². The fourth-order valence-corrected chi connectivity index (χ4v) is 2.85. The maximum Gasteiger partial charge on any atom is 0.416 e. The molecule has 1 aromatic heterocycles. The summed E-state index contributed by atoms with van der Waals surface area (Å²) in [6.45, 7) is -2.92. The van der Waals surface area contributed by atoms with Gasteiger partial charge in [0, 0.05) is 11.3 Å². The van der Waals surface area contributed by atoms with Crippen LogP contribution in [0.2, 0.25) is 0 Å². The van der Waals surface area contributed by atoms with Gasteiger partial charge in [0.1, 0.15) is 5.75 Å². The zero-order chi connectivity index (χ0) is 19.4. The van der Waals surface area contributed by atoms with Crippen LogP contribution in [0.1, 0.15) is 11.1 Å². The summed E-state index contributed by atoms with van der Waals surface area (Å²) in [6, 6.07) is 10.6. The third-order valence-corrected chi connectivity index (χ3v) is 4.24. The summed E-state index contributed by atoms with van der Waals surface area (Å²) in [5, 5.41) is 7.84. The minimum atomic E-state index is -4.40. The van der Waals surface area contributed by atoms with E-state index >= 15 is 0 Å². The molecule has 0 atom stereocenters. The topological polar surface area (TPSA) is 48.2 Å². The number of thioether (sulfide) groups is 1. The molecule has 27 heavy (non-hydrogen) atoms. The highest BCUT2D eigenvalue weighted by Crippen LogP contribution is 2.31. The zero-order valence-electron chi connectivity index (χ0n) is 13.4. The zero-order valence-corrected chi connectivity index (χ0v) is 14.2. The lowest BCUT2D eigenvalue weighted by molar-refractivity contribution is -0.137. The van der Waals surface area contributed by atoms with Crippen molar-refractivity contribution in [2.45, 2.75) is 23.8 Å². The highest BCUT2D eigenvalue weighted by atomic mass is 32.2. The summed E-state index contributed by atoms with van der Waals surface area (Å²) in [5.74, 6) is 0.366. The van der Waals surface area contributed by atoms with E-state index in [4.69, 9.17) is 4.42 Å². The first kappa shape index (κ1) is 19.2. The lowest BCUT2D eigenvalue weighted by Gasteiger charge is -2.07. The molecule has 0 aliphatic carbocycles. The second kappa shape index (κ2) is 7.95. The quantitative estimate of drug-likeness (QED) is 0.394. The molecule has 142 valence electrons. The third kappa shape index (κ3) is 5.19. The normalized spacial score (nSPS) is 11.8. The van der Waals surface area contributed by atoms with Crippen molar-refractivity contribution in [3.63, 3.8) is 0 Å². The molecule has 3 aromatic rings. The number of aromatic nitrogens is 2. The van der Waals surface area contributed by atoms with Gasteiger partial charge in [-0.3, -0.25) is 0 Å². The van der Waals surface area contributed by atoms with E-state index in [-0.39, 0.29) is 22.6 Å². The summed E-state index contributed by atoms with van der Waals surface area (Å²) in [6.07, 6.45) is -4.40. The Morgan fingerprint density at radius 1 is 1.04 bits per heavy atom. The Labute approximate surface area is 154 Å². The number of halogens is 5. The molecule has 10 heteroatoms. The van der Waals surface area contributed by atoms with Gasteiger partial charge < -0.3 is 9.15 Å². The minimum absolute atomic E-state index is 0.00703. The Morgan fingerprint density at radius 3 is 2.44 bits per heavy atom. The SMILES string of the molecule is FC(F)Oc1ccc(-c2nnc(SCc3cccc(C(F)(F)F)c3)o2)cc1. The Morgan fingerprint density at radius 2 is 1.78 bits per heavy atom. The molecule has 2 aromatic carbocycles. The molecule has 0 aliphatic heterocycles. The van der Waals surface area contributed by atoms with Crippen LogP contribution in [0.4, 0.5) is 22.0 Å². The lowest BCUT2D eigenvalue weighted by Crippen LogP contribution is -2.04. The van der Waals surface area contributed by atoms with Crippen LogP contribution in [-0.4, -0.2) is 16.8 Å². The van der Waals surface area contributed by atoms with Gasteiger partial charge in [0.2, 0.25) is 5.89 Å². The van der Waals surface area contributed by atoms with Gasteiger partial charge in [-0.15, -0.1) is 10.2 Å². The van der Waals surface area contributed by atoms with Crippen molar-refractivity contribution < 1.29 is 31.1 Å². The van der Waals surface area contributed by atoms with Gasteiger partial charge >= 0.3 is 12.8 Å². The van der Waals surface area contributed by atoms with E-state index in [0.717, 1.165) is 23.9 Å². The fourth-order valence-electron chi connectivity index (χ4n) is 2.15. The maximum absolute atomic E-state index is 12.7. The first-order valence-corrected chi connectivity index (χ1v) is 8.47. The van der Waals surface area contributed by atoms with Gasteiger partial charge in [0.05, 0.1) is 5.56 Å². The molecule has 0 saturated heterocycles. The molecule has 0 unspecified atom stereocenters. The van der Waals surface area contributed by atoms with E-state index in [1.165, 1.54) is 30.3 Å². The summed E-state index contributed by atoms with van der Waals surface area (Å²) in [4.78, 5) is 0. The van der Waals surface area contributed by atoms with Gasteiger partial charge in [-0.2, -0.15) is 22.0 Å². The smallest absolute Gasteiger partial charge is 0.416 e. The van der Waals surface area contributed by atoms with Crippen molar-refractivity contribution in [2.75, 3.05) is 0 Å². The summed E-state index contributed by atoms with van der Waals surface area (Å²) in [5.41, 5.74) is 0.232. The Hall–Kier alpha value is -2.62. The third-order valence-electron chi connectivity index (χ3n) is 3.35. The summed E-state index contributed by atoms with van der Waals surface area (Å²) in [7, 11) is 0. The molecule has 0 spiro atoms. The van der Waals surface area contributed by atoms with Gasteiger partial charge in [0.25, 0.3) is 5.22 Å². The van der Waals surface area contributed by atoms with E-state index in [1.807, 2.05) is 0 Å². The van der Waals surface area contributed by atoms with Crippen molar-refractivity contribution in [3.05, 3.63) is 59.7 Å². The van der Waals surface area contributed by atoms with Crippen LogP contribution in [0, 0.1) is 0 Å². The van der Waals surface area contributed by atoms with Crippen LogP contribution in [0.3, 0.4) is 0 Å². The first-order chi connectivity index (χ1) is 12.8. The van der Waals surface area contributed by atoms with Crippen LogP contribution in [0.5, 0.6) is 5.75 Å². The molecule has 0 fully saturated rings. The standard InChI is InChI=1S/C17H11F5N2O2S/c18-15(19)25-13-6-4-11(5-7-13)14-23-24-16(26-14)27-9-10-2-1-3-12(8-10)17(20,21)22/h1-8,15H,9H2. The van der Waals surface area contributed by atoms with Crippen molar-refractivity contribution >= 4 is 11.8 Å². The average Bonchev–Trinajstić information content (AvgIpc) is 3.09. The molecular weight excluding hydrogens is 391 g/mol. The maximum atomic E-state index is 12.7. The molecule has 0 radical (unpaired) electrons. The monoisotopic (exact) mass is 402 g/mol. The highest BCUT2D eigenvalue weighted by molar-refractivity contribution is 7.98. The Bertz CT molecular complexity index is 897. The molecule has 0 aliphatic rings. The minimum Gasteiger partial charge on any atom is -0.435 e. The summed E-state index contributed by atoms with van der Waals surface area (Å²) >= 11 is 1.09. The summed E-state index contributed by atoms with van der Waals surface area (Å²) < 4.78 is 72.1. The predicted octanol–water partition coefficient (Wildman–Crippen LogP) is 5.65. The van der Waals surface area contributed by atoms with E-state index in [9.17, 15) is 22.0 Å². The Kier molecular flexibility index (Phi) is 5.64. The van der Waals surface area contributed by atoms with Gasteiger partial charge in [0.15, 0.2) is 0 Å². The predicted molar refractivity (Wildman–Crippen MR) is 87.4 cm³/mol. The largest absolute Gasteiger partial charge is 0.435 e. The van der Waals surface area contributed by atoms with Gasteiger partial charge in [-0.1, -0.05) is 30.0 Å². The molecule has 0 amide bonds. The number of nitrogens with zero attached hydrogens (tertiary/aromatic N) is 2. The fraction of sp³-hybridized carbons (Fsp3) is 0.176. The van der Waals surface area contributed by atoms with Crippen molar-refractivity contribution in [3.8, 4) is 17.2 Å². The van der Waals surface area contributed by atoms with Crippen molar-refractivity contribution in [1.29, 1.82) is 0 Å². The first-order valence-electron chi connectivity index (χ1n) is 7.49.